The van der Waals surface area contributed by atoms with Crippen LogP contribution >= 0.6 is 0 Å². The Balaban J connectivity index is 1.60. The molecule has 0 radical (unpaired) electrons. The fourth-order valence-electron chi connectivity index (χ4n) is 2.11. The second kappa shape index (κ2) is 7.25. The highest BCUT2D eigenvalue weighted by Crippen LogP contribution is 2.06. The van der Waals surface area contributed by atoms with Gasteiger partial charge in [0.1, 0.15) is 0 Å². The maximum Gasteiger partial charge on any atom is 0.320 e. The van der Waals surface area contributed by atoms with Crippen LogP contribution in [0.5, 0.6) is 0 Å². The number of aromatic nitrogens is 2. The fraction of sp³-hybridized carbons (Fsp3) is 0.692. The molecule has 20 heavy (non-hydrogen) atoms. The lowest BCUT2D eigenvalue weighted by atomic mass is 10.3. The first-order valence-electron chi connectivity index (χ1n) is 7.01. The molecule has 1 fully saturated rings. The van der Waals surface area contributed by atoms with E-state index in [1.807, 2.05) is 20.0 Å². The molecule has 0 bridgehead atoms. The van der Waals surface area contributed by atoms with Gasteiger partial charge in [-0.3, -0.25) is 14.9 Å². The number of ether oxygens (including phenoxy) is 1. The van der Waals surface area contributed by atoms with Crippen LogP contribution in [0.15, 0.2) is 6.07 Å². The summed E-state index contributed by atoms with van der Waals surface area (Å²) >= 11 is 0. The van der Waals surface area contributed by atoms with Crippen molar-refractivity contribution in [1.29, 1.82) is 0 Å². The molecule has 1 saturated heterocycles. The van der Waals surface area contributed by atoms with Gasteiger partial charge in [0, 0.05) is 38.4 Å². The van der Waals surface area contributed by atoms with Crippen LogP contribution in [-0.2, 0) is 11.8 Å². The summed E-state index contributed by atoms with van der Waals surface area (Å²) in [5.74, 6) is 0.579. The lowest BCUT2D eigenvalue weighted by Crippen LogP contribution is -2.38. The van der Waals surface area contributed by atoms with Crippen LogP contribution < -0.4 is 10.6 Å². The molecule has 0 aliphatic carbocycles. The SMILES string of the molecule is Cc1cc(NC(=O)NCCCN2CCOCC2)nn1C. The average molecular weight is 281 g/mol. The maximum absolute atomic E-state index is 11.7. The lowest BCUT2D eigenvalue weighted by Gasteiger charge is -2.26. The van der Waals surface area contributed by atoms with Crippen molar-refractivity contribution in [3.8, 4) is 0 Å². The summed E-state index contributed by atoms with van der Waals surface area (Å²) < 4.78 is 7.02. The van der Waals surface area contributed by atoms with Crippen molar-refractivity contribution in [3.63, 3.8) is 0 Å². The molecule has 1 aliphatic rings. The molecule has 0 saturated carbocycles. The van der Waals surface area contributed by atoms with Gasteiger partial charge in [-0.05, 0) is 19.9 Å². The van der Waals surface area contributed by atoms with E-state index in [0.29, 0.717) is 12.4 Å². The number of carbonyl (C=O) groups is 1. The van der Waals surface area contributed by atoms with Crippen molar-refractivity contribution in [2.45, 2.75) is 13.3 Å². The first kappa shape index (κ1) is 14.8. The Kier molecular flexibility index (Phi) is 5.37. The molecule has 7 heteroatoms. The minimum atomic E-state index is -0.204. The highest BCUT2D eigenvalue weighted by molar-refractivity contribution is 5.88. The minimum absolute atomic E-state index is 0.204. The molecule has 0 spiro atoms. The molecule has 1 aromatic heterocycles. The number of nitrogens with zero attached hydrogens (tertiary/aromatic N) is 3. The minimum Gasteiger partial charge on any atom is -0.379 e. The molecule has 0 atom stereocenters. The van der Waals surface area contributed by atoms with Crippen LogP contribution in [0.3, 0.4) is 0 Å². The fourth-order valence-corrected chi connectivity index (χ4v) is 2.11. The van der Waals surface area contributed by atoms with Gasteiger partial charge in [-0.1, -0.05) is 0 Å². The summed E-state index contributed by atoms with van der Waals surface area (Å²) in [6.07, 6.45) is 0.939. The highest BCUT2D eigenvalue weighted by Gasteiger charge is 2.10. The van der Waals surface area contributed by atoms with Gasteiger partial charge >= 0.3 is 6.03 Å². The number of hydrogen-bond donors (Lipinski definition) is 2. The van der Waals surface area contributed by atoms with Gasteiger partial charge in [-0.2, -0.15) is 5.10 Å². The number of urea groups is 1. The zero-order valence-electron chi connectivity index (χ0n) is 12.2. The van der Waals surface area contributed by atoms with E-state index in [2.05, 4.69) is 20.6 Å². The van der Waals surface area contributed by atoms with Crippen molar-refractivity contribution < 1.29 is 9.53 Å². The summed E-state index contributed by atoms with van der Waals surface area (Å²) in [4.78, 5) is 14.0. The summed E-state index contributed by atoms with van der Waals surface area (Å²) in [6.45, 7) is 7.19. The standard InChI is InChI=1S/C13H23N5O2/c1-11-10-12(16-17(11)2)15-13(19)14-4-3-5-18-6-8-20-9-7-18/h10H,3-9H2,1-2H3,(H2,14,15,16,19). The predicted octanol–water partition coefficient (Wildman–Crippen LogP) is 0.572. The van der Waals surface area contributed by atoms with Crippen LogP contribution in [0.1, 0.15) is 12.1 Å². The molecule has 112 valence electrons. The van der Waals surface area contributed by atoms with E-state index >= 15 is 0 Å². The van der Waals surface area contributed by atoms with E-state index in [1.165, 1.54) is 0 Å². The molecule has 2 rings (SSSR count). The Morgan fingerprint density at radius 1 is 1.45 bits per heavy atom. The van der Waals surface area contributed by atoms with Crippen LogP contribution in [0, 0.1) is 6.92 Å². The Morgan fingerprint density at radius 2 is 2.20 bits per heavy atom. The molecule has 0 aromatic carbocycles. The number of aryl methyl sites for hydroxylation is 2. The quantitative estimate of drug-likeness (QED) is 0.774. The number of hydrogen-bond acceptors (Lipinski definition) is 4. The van der Waals surface area contributed by atoms with Crippen LogP contribution in [0.2, 0.25) is 0 Å². The normalized spacial score (nSPS) is 16.1. The Labute approximate surface area is 119 Å². The molecular formula is C13H23N5O2. The molecule has 7 nitrogen and oxygen atoms in total. The van der Waals surface area contributed by atoms with E-state index in [1.54, 1.807) is 4.68 Å². The van der Waals surface area contributed by atoms with Crippen molar-refractivity contribution >= 4 is 11.8 Å². The Bertz CT molecular complexity index is 420. The van der Waals surface area contributed by atoms with Gasteiger partial charge in [0.15, 0.2) is 5.82 Å². The summed E-state index contributed by atoms with van der Waals surface area (Å²) in [5, 5.41) is 9.74. The Morgan fingerprint density at radius 3 is 2.85 bits per heavy atom. The number of carbonyl (C=O) groups excluding carboxylic acids is 1. The molecule has 2 amide bonds. The van der Waals surface area contributed by atoms with Gasteiger partial charge < -0.3 is 10.1 Å². The summed E-state index contributed by atoms with van der Waals surface area (Å²) in [5.41, 5.74) is 1.01. The van der Waals surface area contributed by atoms with Crippen molar-refractivity contribution in [1.82, 2.24) is 20.0 Å². The van der Waals surface area contributed by atoms with E-state index in [0.717, 1.165) is 45.0 Å². The first-order valence-corrected chi connectivity index (χ1v) is 7.01. The van der Waals surface area contributed by atoms with Crippen LogP contribution in [-0.4, -0.2) is 60.1 Å². The monoisotopic (exact) mass is 281 g/mol. The predicted molar refractivity (Wildman–Crippen MR) is 76.8 cm³/mol. The second-order valence-corrected chi connectivity index (χ2v) is 4.98. The van der Waals surface area contributed by atoms with Gasteiger partial charge in [-0.15, -0.1) is 0 Å². The lowest BCUT2D eigenvalue weighted by molar-refractivity contribution is 0.0375. The number of nitrogens with one attached hydrogen (secondary N) is 2. The third-order valence-electron chi connectivity index (χ3n) is 3.40. The smallest absolute Gasteiger partial charge is 0.320 e. The molecule has 2 N–H and O–H groups in total. The number of anilines is 1. The van der Waals surface area contributed by atoms with Gasteiger partial charge in [0.25, 0.3) is 0 Å². The van der Waals surface area contributed by atoms with Crippen molar-refractivity contribution in [3.05, 3.63) is 11.8 Å². The Hall–Kier alpha value is -1.60. The number of amides is 2. The zero-order chi connectivity index (χ0) is 14.4. The molecular weight excluding hydrogens is 258 g/mol. The van der Waals surface area contributed by atoms with E-state index in [4.69, 9.17) is 4.74 Å². The van der Waals surface area contributed by atoms with Gasteiger partial charge in [0.05, 0.1) is 13.2 Å². The first-order chi connectivity index (χ1) is 9.65. The van der Waals surface area contributed by atoms with Gasteiger partial charge in [-0.25, -0.2) is 4.79 Å². The molecule has 1 aromatic rings. The number of rotatable bonds is 5. The third-order valence-corrected chi connectivity index (χ3v) is 3.40. The third kappa shape index (κ3) is 4.50. The highest BCUT2D eigenvalue weighted by atomic mass is 16.5. The summed E-state index contributed by atoms with van der Waals surface area (Å²) in [7, 11) is 1.85. The molecule has 0 unspecified atom stereocenters. The van der Waals surface area contributed by atoms with Crippen LogP contribution in [0.4, 0.5) is 10.6 Å². The second-order valence-electron chi connectivity index (χ2n) is 4.98. The zero-order valence-corrected chi connectivity index (χ0v) is 12.2. The molecule has 2 heterocycles. The van der Waals surface area contributed by atoms with Gasteiger partial charge in [0.2, 0.25) is 0 Å². The topological polar surface area (TPSA) is 71.4 Å². The maximum atomic E-state index is 11.7. The van der Waals surface area contributed by atoms with Crippen molar-refractivity contribution in [2.24, 2.45) is 7.05 Å². The van der Waals surface area contributed by atoms with E-state index in [-0.39, 0.29) is 6.03 Å². The van der Waals surface area contributed by atoms with E-state index < -0.39 is 0 Å². The van der Waals surface area contributed by atoms with Crippen molar-refractivity contribution in [2.75, 3.05) is 44.7 Å². The average Bonchev–Trinajstić information content (AvgIpc) is 2.74. The largest absolute Gasteiger partial charge is 0.379 e. The molecule has 1 aliphatic heterocycles. The van der Waals surface area contributed by atoms with E-state index in [9.17, 15) is 4.79 Å². The van der Waals surface area contributed by atoms with Crippen LogP contribution in [0.25, 0.3) is 0 Å². The summed E-state index contributed by atoms with van der Waals surface area (Å²) in [6, 6.07) is 1.64. The number of morpholine rings is 1.